The van der Waals surface area contributed by atoms with Gasteiger partial charge in [0.2, 0.25) is 0 Å². The predicted octanol–water partition coefficient (Wildman–Crippen LogP) is 4.89. The Kier molecular flexibility index (Phi) is 3.27. The molecule has 0 radical (unpaired) electrons. The molecule has 3 nitrogen and oxygen atoms in total. The number of nitriles is 1. The van der Waals surface area contributed by atoms with Crippen LogP contribution in [0.5, 0.6) is 0 Å². The number of hydrogen-bond donors (Lipinski definition) is 1. The maximum absolute atomic E-state index is 11.4. The standard InChI is InChI=1S/C14H6Cl2N2OS/c15-12-4-9(14(16)20-12)13-10(6-19)8-3-7(5-17)1-2-11(8)18-13/h1-4,6,18H. The molecule has 98 valence electrons. The minimum atomic E-state index is 0.480. The van der Waals surface area contributed by atoms with Gasteiger partial charge in [-0.25, -0.2) is 0 Å². The van der Waals surface area contributed by atoms with Crippen LogP contribution in [-0.4, -0.2) is 11.3 Å². The fourth-order valence-corrected chi connectivity index (χ4v) is 3.60. The van der Waals surface area contributed by atoms with Crippen molar-refractivity contribution in [1.82, 2.24) is 4.98 Å². The van der Waals surface area contributed by atoms with Gasteiger partial charge in [0.1, 0.15) is 4.34 Å². The van der Waals surface area contributed by atoms with E-state index in [9.17, 15) is 4.79 Å². The number of H-pyrrole nitrogens is 1. The Morgan fingerprint density at radius 3 is 2.70 bits per heavy atom. The number of rotatable bonds is 2. The number of aldehydes is 1. The number of nitrogens with zero attached hydrogens (tertiary/aromatic N) is 1. The van der Waals surface area contributed by atoms with Crippen LogP contribution in [0.1, 0.15) is 15.9 Å². The van der Waals surface area contributed by atoms with Gasteiger partial charge in [0.15, 0.2) is 6.29 Å². The van der Waals surface area contributed by atoms with Crippen LogP contribution in [0.2, 0.25) is 8.67 Å². The fourth-order valence-electron chi connectivity index (χ4n) is 2.13. The maximum atomic E-state index is 11.4. The first-order valence-corrected chi connectivity index (χ1v) is 7.17. The zero-order valence-electron chi connectivity index (χ0n) is 9.91. The van der Waals surface area contributed by atoms with E-state index in [1.807, 2.05) is 0 Å². The highest BCUT2D eigenvalue weighted by Crippen LogP contribution is 2.40. The van der Waals surface area contributed by atoms with Gasteiger partial charge in [-0.2, -0.15) is 5.26 Å². The van der Waals surface area contributed by atoms with Crippen LogP contribution in [0.4, 0.5) is 0 Å². The molecule has 0 unspecified atom stereocenters. The first-order chi connectivity index (χ1) is 9.63. The summed E-state index contributed by atoms with van der Waals surface area (Å²) in [5.74, 6) is 0. The fraction of sp³-hybridized carbons (Fsp3) is 0. The van der Waals surface area contributed by atoms with Crippen molar-refractivity contribution in [2.45, 2.75) is 0 Å². The van der Waals surface area contributed by atoms with Gasteiger partial charge in [0.05, 0.1) is 21.7 Å². The Balaban J connectivity index is 2.34. The molecule has 0 spiro atoms. The van der Waals surface area contributed by atoms with E-state index in [1.54, 1.807) is 24.3 Å². The van der Waals surface area contributed by atoms with Crippen LogP contribution in [0, 0.1) is 11.3 Å². The topological polar surface area (TPSA) is 56.6 Å². The van der Waals surface area contributed by atoms with Crippen LogP contribution < -0.4 is 0 Å². The number of thiophene rings is 1. The van der Waals surface area contributed by atoms with E-state index in [4.69, 9.17) is 28.5 Å². The number of fused-ring (bicyclic) bond motifs is 1. The molecule has 0 fully saturated rings. The van der Waals surface area contributed by atoms with Gasteiger partial charge in [-0.15, -0.1) is 11.3 Å². The maximum Gasteiger partial charge on any atom is 0.152 e. The van der Waals surface area contributed by atoms with Gasteiger partial charge >= 0.3 is 0 Å². The lowest BCUT2D eigenvalue weighted by molar-refractivity contribution is 0.112. The predicted molar refractivity (Wildman–Crippen MR) is 81.7 cm³/mol. The molecule has 0 aliphatic carbocycles. The average molecular weight is 321 g/mol. The molecular weight excluding hydrogens is 315 g/mol. The first-order valence-electron chi connectivity index (χ1n) is 5.60. The normalized spacial score (nSPS) is 10.7. The number of aromatic amines is 1. The van der Waals surface area contributed by atoms with Crippen molar-refractivity contribution in [3.8, 4) is 17.3 Å². The highest BCUT2D eigenvalue weighted by molar-refractivity contribution is 7.20. The first kappa shape index (κ1) is 13.2. The molecule has 2 aromatic heterocycles. The SMILES string of the molecule is N#Cc1ccc2[nH]c(-c3cc(Cl)sc3Cl)c(C=O)c2c1. The van der Waals surface area contributed by atoms with E-state index < -0.39 is 0 Å². The van der Waals surface area contributed by atoms with Crippen molar-refractivity contribution in [3.63, 3.8) is 0 Å². The number of nitrogens with one attached hydrogen (secondary N) is 1. The number of hydrogen-bond acceptors (Lipinski definition) is 3. The zero-order chi connectivity index (χ0) is 14.3. The molecule has 6 heteroatoms. The van der Waals surface area contributed by atoms with E-state index in [1.165, 1.54) is 11.3 Å². The largest absolute Gasteiger partial charge is 0.354 e. The summed E-state index contributed by atoms with van der Waals surface area (Å²) in [6.45, 7) is 0. The summed E-state index contributed by atoms with van der Waals surface area (Å²) in [6.07, 6.45) is 0.761. The van der Waals surface area contributed by atoms with Crippen molar-refractivity contribution < 1.29 is 4.79 Å². The van der Waals surface area contributed by atoms with Crippen molar-refractivity contribution in [2.75, 3.05) is 0 Å². The summed E-state index contributed by atoms with van der Waals surface area (Å²) >= 11 is 13.3. The Labute approximate surface area is 128 Å². The zero-order valence-corrected chi connectivity index (χ0v) is 12.2. The molecule has 0 amide bonds. The molecule has 3 aromatic rings. The molecule has 1 N–H and O–H groups in total. The number of carbonyl (C=O) groups is 1. The molecule has 0 saturated heterocycles. The van der Waals surface area contributed by atoms with Crippen LogP contribution in [-0.2, 0) is 0 Å². The minimum absolute atomic E-state index is 0.480. The van der Waals surface area contributed by atoms with Crippen LogP contribution in [0.25, 0.3) is 22.2 Å². The molecular formula is C14H6Cl2N2OS. The summed E-state index contributed by atoms with van der Waals surface area (Å²) in [5.41, 5.74) is 3.07. The van der Waals surface area contributed by atoms with Gasteiger partial charge in [0, 0.05) is 22.0 Å². The molecule has 20 heavy (non-hydrogen) atoms. The van der Waals surface area contributed by atoms with Crippen LogP contribution >= 0.6 is 34.5 Å². The average Bonchev–Trinajstić information content (AvgIpc) is 2.96. The Morgan fingerprint density at radius 1 is 1.30 bits per heavy atom. The van der Waals surface area contributed by atoms with Gasteiger partial charge in [-0.1, -0.05) is 23.2 Å². The third-order valence-corrected chi connectivity index (χ3v) is 4.50. The van der Waals surface area contributed by atoms with Crippen molar-refractivity contribution in [1.29, 1.82) is 5.26 Å². The summed E-state index contributed by atoms with van der Waals surface area (Å²) in [5, 5.41) is 9.65. The molecule has 0 saturated carbocycles. The van der Waals surface area contributed by atoms with Gasteiger partial charge in [0.25, 0.3) is 0 Å². The van der Waals surface area contributed by atoms with Gasteiger partial charge < -0.3 is 4.98 Å². The molecule has 3 rings (SSSR count). The van der Waals surface area contributed by atoms with Crippen LogP contribution in [0.3, 0.4) is 0 Å². The summed E-state index contributed by atoms with van der Waals surface area (Å²) < 4.78 is 1.07. The molecule has 0 bridgehead atoms. The van der Waals surface area contributed by atoms with Gasteiger partial charge in [-0.05, 0) is 24.3 Å². The Morgan fingerprint density at radius 2 is 2.10 bits per heavy atom. The van der Waals surface area contributed by atoms with Crippen molar-refractivity contribution in [2.24, 2.45) is 0 Å². The third-order valence-electron chi connectivity index (χ3n) is 3.01. The summed E-state index contributed by atoms with van der Waals surface area (Å²) in [7, 11) is 0. The minimum Gasteiger partial charge on any atom is -0.354 e. The highest BCUT2D eigenvalue weighted by atomic mass is 35.5. The molecule has 1 aromatic carbocycles. The molecule has 2 heterocycles. The monoisotopic (exact) mass is 320 g/mol. The number of halogens is 2. The highest BCUT2D eigenvalue weighted by Gasteiger charge is 2.17. The Bertz CT molecular complexity index is 873. The number of aromatic nitrogens is 1. The van der Waals surface area contributed by atoms with E-state index in [-0.39, 0.29) is 0 Å². The lowest BCUT2D eigenvalue weighted by Crippen LogP contribution is -1.83. The molecule has 0 aliphatic rings. The quantitative estimate of drug-likeness (QED) is 0.683. The number of benzene rings is 1. The van der Waals surface area contributed by atoms with E-state index >= 15 is 0 Å². The summed E-state index contributed by atoms with van der Waals surface area (Å²) in [6, 6.07) is 8.93. The van der Waals surface area contributed by atoms with Crippen molar-refractivity contribution in [3.05, 3.63) is 44.1 Å². The smallest absolute Gasteiger partial charge is 0.152 e. The van der Waals surface area contributed by atoms with Crippen molar-refractivity contribution >= 4 is 51.7 Å². The molecule has 0 atom stereocenters. The van der Waals surface area contributed by atoms with E-state index in [0.29, 0.717) is 36.4 Å². The number of carbonyl (C=O) groups excluding carboxylic acids is 1. The lowest BCUT2D eigenvalue weighted by Gasteiger charge is -1.96. The second-order valence-electron chi connectivity index (χ2n) is 4.14. The lowest BCUT2D eigenvalue weighted by atomic mass is 10.1. The van der Waals surface area contributed by atoms with E-state index in [2.05, 4.69) is 11.1 Å². The molecule has 0 aliphatic heterocycles. The second kappa shape index (κ2) is 4.95. The Hall–Kier alpha value is -1.80. The van der Waals surface area contributed by atoms with Gasteiger partial charge in [-0.3, -0.25) is 4.79 Å². The third kappa shape index (κ3) is 2.01. The van der Waals surface area contributed by atoms with Crippen LogP contribution in [0.15, 0.2) is 24.3 Å². The summed E-state index contributed by atoms with van der Waals surface area (Å²) in [4.78, 5) is 14.6. The second-order valence-corrected chi connectivity index (χ2v) is 6.43. The van der Waals surface area contributed by atoms with E-state index in [0.717, 1.165) is 11.8 Å².